The lowest BCUT2D eigenvalue weighted by Gasteiger charge is -2.29. The van der Waals surface area contributed by atoms with Gasteiger partial charge >= 0.3 is 0 Å². The average Bonchev–Trinajstić information content (AvgIpc) is 2.69. The van der Waals surface area contributed by atoms with Crippen molar-refractivity contribution in [2.75, 3.05) is 13.2 Å². The number of benzene rings is 2. The molecule has 0 aliphatic heterocycles. The molecule has 0 saturated carbocycles. The fraction of sp³-hybridized carbons (Fsp3) is 0.364. The van der Waals surface area contributed by atoms with Crippen LogP contribution in [0.1, 0.15) is 26.3 Å². The van der Waals surface area contributed by atoms with Crippen LogP contribution >= 0.6 is 11.6 Å². The van der Waals surface area contributed by atoms with Gasteiger partial charge in [-0.1, -0.05) is 49.7 Å². The van der Waals surface area contributed by atoms with Crippen LogP contribution in [-0.4, -0.2) is 35.9 Å². The first-order valence-electron chi connectivity index (χ1n) is 9.47. The number of nitrogens with zero attached hydrogens (tertiary/aromatic N) is 1. The highest BCUT2D eigenvalue weighted by atomic mass is 35.5. The van der Waals surface area contributed by atoms with E-state index in [0.29, 0.717) is 11.6 Å². The second-order valence-corrected chi connectivity index (χ2v) is 7.62. The summed E-state index contributed by atoms with van der Waals surface area (Å²) in [7, 11) is 0. The maximum atomic E-state index is 13.8. The molecule has 2 rings (SSSR count). The number of amides is 2. The molecule has 5 nitrogen and oxygen atoms in total. The number of carbonyl (C=O) groups is 2. The summed E-state index contributed by atoms with van der Waals surface area (Å²) in [6.07, 6.45) is 0. The van der Waals surface area contributed by atoms with E-state index in [1.165, 1.54) is 23.1 Å². The zero-order valence-corrected chi connectivity index (χ0v) is 17.6. The average molecular weight is 421 g/mol. The fourth-order valence-electron chi connectivity index (χ4n) is 2.65. The Kier molecular flexibility index (Phi) is 8.46. The summed E-state index contributed by atoms with van der Waals surface area (Å²) in [4.78, 5) is 26.8. The Balaban J connectivity index is 2.14. The molecule has 7 heteroatoms. The van der Waals surface area contributed by atoms with E-state index in [1.54, 1.807) is 31.2 Å². The molecule has 0 fully saturated rings. The van der Waals surface area contributed by atoms with E-state index in [2.05, 4.69) is 5.32 Å². The molecule has 29 heavy (non-hydrogen) atoms. The first-order chi connectivity index (χ1) is 13.8. The van der Waals surface area contributed by atoms with Crippen LogP contribution in [0.5, 0.6) is 5.75 Å². The molecule has 0 bridgehead atoms. The number of ether oxygens (including phenoxy) is 1. The zero-order valence-electron chi connectivity index (χ0n) is 16.8. The molecule has 0 radical (unpaired) electrons. The highest BCUT2D eigenvalue weighted by Gasteiger charge is 2.26. The molecule has 156 valence electrons. The number of carbonyl (C=O) groups excluding carboxylic acids is 2. The summed E-state index contributed by atoms with van der Waals surface area (Å²) in [5.74, 6) is -0.974. The smallest absolute Gasteiger partial charge is 0.261 e. The first kappa shape index (κ1) is 22.7. The molecule has 0 unspecified atom stereocenters. The highest BCUT2D eigenvalue weighted by Crippen LogP contribution is 2.17. The summed E-state index contributed by atoms with van der Waals surface area (Å²) in [6.45, 7) is 5.93. The number of para-hydroxylation sites is 1. The summed E-state index contributed by atoms with van der Waals surface area (Å²) in [6, 6.07) is 12.2. The van der Waals surface area contributed by atoms with E-state index in [1.807, 2.05) is 19.9 Å². The Morgan fingerprint density at radius 2 is 1.86 bits per heavy atom. The van der Waals surface area contributed by atoms with Gasteiger partial charge in [0.05, 0.1) is 0 Å². The molecule has 2 aromatic rings. The van der Waals surface area contributed by atoms with E-state index in [4.69, 9.17) is 16.3 Å². The lowest BCUT2D eigenvalue weighted by atomic mass is 10.1. The monoisotopic (exact) mass is 420 g/mol. The summed E-state index contributed by atoms with van der Waals surface area (Å²) in [5, 5.41) is 3.37. The van der Waals surface area contributed by atoms with Crippen molar-refractivity contribution in [3.05, 3.63) is 64.9 Å². The van der Waals surface area contributed by atoms with Crippen LogP contribution in [-0.2, 0) is 16.1 Å². The van der Waals surface area contributed by atoms with E-state index in [0.717, 1.165) is 5.56 Å². The number of rotatable bonds is 9. The van der Waals surface area contributed by atoms with Crippen LogP contribution in [0.3, 0.4) is 0 Å². The molecule has 1 N–H and O–H groups in total. The molecule has 0 spiro atoms. The second-order valence-electron chi connectivity index (χ2n) is 7.19. The van der Waals surface area contributed by atoms with Crippen molar-refractivity contribution in [3.8, 4) is 5.75 Å². The van der Waals surface area contributed by atoms with Crippen LogP contribution in [0.2, 0.25) is 5.02 Å². The van der Waals surface area contributed by atoms with Gasteiger partial charge in [-0.3, -0.25) is 9.59 Å². The molecule has 0 saturated heterocycles. The number of hydrogen-bond acceptors (Lipinski definition) is 3. The highest BCUT2D eigenvalue weighted by molar-refractivity contribution is 6.30. The van der Waals surface area contributed by atoms with E-state index in [9.17, 15) is 14.0 Å². The van der Waals surface area contributed by atoms with Gasteiger partial charge in [0.25, 0.3) is 5.91 Å². The topological polar surface area (TPSA) is 58.6 Å². The fourth-order valence-corrected chi connectivity index (χ4v) is 2.86. The van der Waals surface area contributed by atoms with Crippen molar-refractivity contribution < 1.29 is 18.7 Å². The van der Waals surface area contributed by atoms with Crippen LogP contribution in [0.15, 0.2) is 48.5 Å². The maximum Gasteiger partial charge on any atom is 0.261 e. The Morgan fingerprint density at radius 3 is 2.52 bits per heavy atom. The quantitative estimate of drug-likeness (QED) is 0.665. The van der Waals surface area contributed by atoms with E-state index < -0.39 is 17.8 Å². The second kappa shape index (κ2) is 10.8. The molecule has 2 aromatic carbocycles. The van der Waals surface area contributed by atoms with Gasteiger partial charge < -0.3 is 15.0 Å². The minimum absolute atomic E-state index is 0.0135. The molecule has 0 heterocycles. The third kappa shape index (κ3) is 7.06. The lowest BCUT2D eigenvalue weighted by Crippen LogP contribution is -2.49. The van der Waals surface area contributed by atoms with Gasteiger partial charge in [-0.25, -0.2) is 4.39 Å². The molecule has 0 aromatic heterocycles. The van der Waals surface area contributed by atoms with Gasteiger partial charge in [-0.2, -0.15) is 0 Å². The van der Waals surface area contributed by atoms with Crippen molar-refractivity contribution in [1.82, 2.24) is 10.2 Å². The first-order valence-corrected chi connectivity index (χ1v) is 9.84. The summed E-state index contributed by atoms with van der Waals surface area (Å²) in [5.41, 5.74) is 0.778. The zero-order chi connectivity index (χ0) is 21.4. The van der Waals surface area contributed by atoms with Crippen LogP contribution in [0.4, 0.5) is 4.39 Å². The standard InChI is InChI=1S/C22H26ClFN2O3/c1-15(2)12-25-22(28)16(3)26(13-17-7-6-8-18(23)11-17)21(27)14-29-20-10-5-4-9-19(20)24/h4-11,15-16H,12-14H2,1-3H3,(H,25,28)/t16-/m0/s1. The van der Waals surface area contributed by atoms with Gasteiger partial charge in [0.2, 0.25) is 5.91 Å². The predicted molar refractivity (Wildman–Crippen MR) is 111 cm³/mol. The molecule has 0 aliphatic rings. The minimum atomic E-state index is -0.732. The Labute approximate surface area is 175 Å². The van der Waals surface area contributed by atoms with Crippen LogP contribution in [0, 0.1) is 11.7 Å². The summed E-state index contributed by atoms with van der Waals surface area (Å²) >= 11 is 6.04. The largest absolute Gasteiger partial charge is 0.481 e. The minimum Gasteiger partial charge on any atom is -0.481 e. The third-order valence-electron chi connectivity index (χ3n) is 4.28. The Hall–Kier alpha value is -2.60. The van der Waals surface area contributed by atoms with Crippen molar-refractivity contribution >= 4 is 23.4 Å². The third-order valence-corrected chi connectivity index (χ3v) is 4.52. The van der Waals surface area contributed by atoms with Gasteiger partial charge in [-0.15, -0.1) is 0 Å². The molecule has 2 amide bonds. The molecular weight excluding hydrogens is 395 g/mol. The Morgan fingerprint density at radius 1 is 1.14 bits per heavy atom. The van der Waals surface area contributed by atoms with Crippen molar-refractivity contribution in [3.63, 3.8) is 0 Å². The van der Waals surface area contributed by atoms with Crippen molar-refractivity contribution in [2.24, 2.45) is 5.92 Å². The van der Waals surface area contributed by atoms with Crippen LogP contribution < -0.4 is 10.1 Å². The molecule has 1 atom stereocenters. The Bertz CT molecular complexity index is 844. The van der Waals surface area contributed by atoms with Crippen molar-refractivity contribution in [1.29, 1.82) is 0 Å². The van der Waals surface area contributed by atoms with Gasteiger partial charge in [-0.05, 0) is 42.7 Å². The normalized spacial score (nSPS) is 11.8. The van der Waals surface area contributed by atoms with Crippen molar-refractivity contribution in [2.45, 2.75) is 33.4 Å². The predicted octanol–water partition coefficient (Wildman–Crippen LogP) is 4.05. The maximum absolute atomic E-state index is 13.8. The SMILES string of the molecule is CC(C)CNC(=O)[C@H](C)N(Cc1cccc(Cl)c1)C(=O)COc1ccccc1F. The molecule has 0 aliphatic carbocycles. The van der Waals surface area contributed by atoms with Gasteiger partial charge in [0.15, 0.2) is 18.2 Å². The number of halogens is 2. The van der Waals surface area contributed by atoms with Gasteiger partial charge in [0, 0.05) is 18.1 Å². The van der Waals surface area contributed by atoms with Gasteiger partial charge in [0.1, 0.15) is 6.04 Å². The number of nitrogens with one attached hydrogen (secondary N) is 1. The lowest BCUT2D eigenvalue weighted by molar-refractivity contribution is -0.142. The number of hydrogen-bond donors (Lipinski definition) is 1. The van der Waals surface area contributed by atoms with E-state index in [-0.39, 0.29) is 30.7 Å². The van der Waals surface area contributed by atoms with E-state index >= 15 is 0 Å². The summed E-state index contributed by atoms with van der Waals surface area (Å²) < 4.78 is 19.1. The molecular formula is C22H26ClFN2O3. The van der Waals surface area contributed by atoms with Crippen LogP contribution in [0.25, 0.3) is 0 Å².